The zero-order valence-electron chi connectivity index (χ0n) is 6.20. The lowest BCUT2D eigenvalue weighted by atomic mass is 10.2. The highest BCUT2D eigenvalue weighted by molar-refractivity contribution is 4.94. The fourth-order valence-corrected chi connectivity index (χ4v) is 0.475. The maximum atomic E-state index is 8.98. The topological polar surface area (TPSA) is 40.5 Å². The molecular weight excluding hydrogens is 128 g/mol. The first-order valence-electron chi connectivity index (χ1n) is 3.32. The predicted octanol–water partition coefficient (Wildman–Crippen LogP) is 0.860. The molecule has 0 saturated heterocycles. The van der Waals surface area contributed by atoms with Gasteiger partial charge < -0.3 is 10.2 Å². The largest absolute Gasteiger partial charge is 0.390 e. The van der Waals surface area contributed by atoms with Crippen LogP contribution in [0.3, 0.4) is 0 Å². The molecule has 0 bridgehead atoms. The van der Waals surface area contributed by atoms with Gasteiger partial charge in [0.25, 0.3) is 0 Å². The molecule has 2 N–H and O–H groups in total. The van der Waals surface area contributed by atoms with E-state index >= 15 is 0 Å². The quantitative estimate of drug-likeness (QED) is 0.571. The van der Waals surface area contributed by atoms with Gasteiger partial charge in [0, 0.05) is 0 Å². The number of aliphatic hydroxyl groups is 2. The maximum Gasteiger partial charge on any atom is 0.0977 e. The van der Waals surface area contributed by atoms with Gasteiger partial charge in [-0.1, -0.05) is 18.2 Å². The molecule has 0 rings (SSSR count). The summed E-state index contributed by atoms with van der Waals surface area (Å²) in [5.41, 5.74) is 0. The second-order valence-corrected chi connectivity index (χ2v) is 2.18. The lowest BCUT2D eigenvalue weighted by Crippen LogP contribution is -2.19. The van der Waals surface area contributed by atoms with Crippen LogP contribution in [0, 0.1) is 0 Å². The van der Waals surface area contributed by atoms with Crippen molar-refractivity contribution in [3.63, 3.8) is 0 Å². The van der Waals surface area contributed by atoms with E-state index in [0.29, 0.717) is 0 Å². The van der Waals surface area contributed by atoms with E-state index < -0.39 is 12.2 Å². The summed E-state index contributed by atoms with van der Waals surface area (Å²) in [6, 6.07) is 0. The van der Waals surface area contributed by atoms with Crippen LogP contribution >= 0.6 is 0 Å². The summed E-state index contributed by atoms with van der Waals surface area (Å²) < 4.78 is 0. The minimum atomic E-state index is -0.750. The Balaban J connectivity index is 3.54. The van der Waals surface area contributed by atoms with E-state index in [1.54, 1.807) is 25.2 Å². The smallest absolute Gasteiger partial charge is 0.0977 e. The molecule has 58 valence electrons. The number of hydrogen-bond acceptors (Lipinski definition) is 2. The summed E-state index contributed by atoms with van der Waals surface area (Å²) >= 11 is 0. The summed E-state index contributed by atoms with van der Waals surface area (Å²) in [5.74, 6) is 0. The Morgan fingerprint density at radius 2 is 2.10 bits per heavy atom. The molecule has 2 nitrogen and oxygen atoms in total. The maximum absolute atomic E-state index is 8.98. The van der Waals surface area contributed by atoms with Crippen LogP contribution in [0.25, 0.3) is 0 Å². The van der Waals surface area contributed by atoms with E-state index in [-0.39, 0.29) is 0 Å². The Labute approximate surface area is 61.5 Å². The van der Waals surface area contributed by atoms with Crippen molar-refractivity contribution in [2.24, 2.45) is 0 Å². The van der Waals surface area contributed by atoms with Gasteiger partial charge in [0.1, 0.15) is 0 Å². The summed E-state index contributed by atoms with van der Waals surface area (Å²) in [5, 5.41) is 17.8. The molecule has 2 unspecified atom stereocenters. The number of aliphatic hydroxyl groups excluding tert-OH is 2. The van der Waals surface area contributed by atoms with Crippen LogP contribution in [0.1, 0.15) is 13.3 Å². The molecule has 2 atom stereocenters. The summed E-state index contributed by atoms with van der Waals surface area (Å²) in [4.78, 5) is 0. The first-order chi connectivity index (χ1) is 4.68. The van der Waals surface area contributed by atoms with Crippen LogP contribution in [0.2, 0.25) is 0 Å². The van der Waals surface area contributed by atoms with Crippen molar-refractivity contribution in [1.29, 1.82) is 0 Å². The Morgan fingerprint density at radius 1 is 1.50 bits per heavy atom. The summed E-state index contributed by atoms with van der Waals surface area (Å²) in [6.45, 7) is 5.05. The highest BCUT2D eigenvalue weighted by Gasteiger charge is 2.04. The molecular formula is C8H14O2. The molecule has 0 amide bonds. The summed E-state index contributed by atoms with van der Waals surface area (Å²) in [7, 11) is 0. The van der Waals surface area contributed by atoms with Crippen molar-refractivity contribution in [3.05, 3.63) is 24.8 Å². The van der Waals surface area contributed by atoms with Crippen molar-refractivity contribution in [1.82, 2.24) is 0 Å². The second-order valence-electron chi connectivity index (χ2n) is 2.18. The highest BCUT2D eigenvalue weighted by Crippen LogP contribution is 1.94. The molecule has 0 fully saturated rings. The van der Waals surface area contributed by atoms with Crippen LogP contribution in [0.15, 0.2) is 24.8 Å². The van der Waals surface area contributed by atoms with E-state index in [9.17, 15) is 0 Å². The Kier molecular flexibility index (Phi) is 4.89. The Hall–Kier alpha value is -0.600. The third kappa shape index (κ3) is 4.30. The molecule has 0 aliphatic carbocycles. The average Bonchev–Trinajstić information content (AvgIpc) is 1.88. The van der Waals surface area contributed by atoms with Crippen molar-refractivity contribution in [2.45, 2.75) is 25.6 Å². The number of allylic oxidation sites excluding steroid dienone is 2. The van der Waals surface area contributed by atoms with Crippen molar-refractivity contribution in [3.8, 4) is 0 Å². The first-order valence-corrected chi connectivity index (χ1v) is 3.32. The lowest BCUT2D eigenvalue weighted by Gasteiger charge is -2.06. The van der Waals surface area contributed by atoms with E-state index in [4.69, 9.17) is 10.2 Å². The van der Waals surface area contributed by atoms with Gasteiger partial charge in [-0.3, -0.25) is 0 Å². The minimum Gasteiger partial charge on any atom is -0.390 e. The first kappa shape index (κ1) is 9.40. The van der Waals surface area contributed by atoms with Gasteiger partial charge in [0.05, 0.1) is 12.2 Å². The van der Waals surface area contributed by atoms with Crippen molar-refractivity contribution >= 4 is 0 Å². The highest BCUT2D eigenvalue weighted by atomic mass is 16.3. The zero-order valence-corrected chi connectivity index (χ0v) is 6.20. The van der Waals surface area contributed by atoms with Gasteiger partial charge in [-0.05, 0) is 13.3 Å². The van der Waals surface area contributed by atoms with Crippen LogP contribution < -0.4 is 0 Å². The number of hydrogen-bond donors (Lipinski definition) is 2. The van der Waals surface area contributed by atoms with Crippen molar-refractivity contribution < 1.29 is 10.2 Å². The third-order valence-corrected chi connectivity index (χ3v) is 1.13. The van der Waals surface area contributed by atoms with E-state index in [2.05, 4.69) is 6.58 Å². The molecule has 0 heterocycles. The molecule has 0 spiro atoms. The molecule has 0 aliphatic rings. The van der Waals surface area contributed by atoms with Crippen LogP contribution in [-0.2, 0) is 0 Å². The molecule has 0 aliphatic heterocycles. The van der Waals surface area contributed by atoms with Gasteiger partial charge in [-0.15, -0.1) is 6.58 Å². The SMILES string of the molecule is C=CCC=CC(O)C(C)O. The zero-order chi connectivity index (χ0) is 7.98. The van der Waals surface area contributed by atoms with Gasteiger partial charge in [0.2, 0.25) is 0 Å². The monoisotopic (exact) mass is 142 g/mol. The fraction of sp³-hybridized carbons (Fsp3) is 0.500. The molecule has 0 radical (unpaired) electrons. The minimum absolute atomic E-state index is 0.693. The van der Waals surface area contributed by atoms with E-state index in [1.165, 1.54) is 0 Å². The molecule has 0 saturated carbocycles. The fourth-order valence-electron chi connectivity index (χ4n) is 0.475. The predicted molar refractivity (Wildman–Crippen MR) is 41.6 cm³/mol. The van der Waals surface area contributed by atoms with Gasteiger partial charge in [0.15, 0.2) is 0 Å². The molecule has 0 aromatic carbocycles. The molecule has 2 heteroatoms. The third-order valence-electron chi connectivity index (χ3n) is 1.13. The summed E-state index contributed by atoms with van der Waals surface area (Å²) in [6.07, 6.45) is 4.34. The van der Waals surface area contributed by atoms with Crippen LogP contribution in [-0.4, -0.2) is 22.4 Å². The second kappa shape index (κ2) is 5.21. The van der Waals surface area contributed by atoms with Gasteiger partial charge in [-0.25, -0.2) is 0 Å². The van der Waals surface area contributed by atoms with Gasteiger partial charge in [-0.2, -0.15) is 0 Å². The van der Waals surface area contributed by atoms with Crippen LogP contribution in [0.5, 0.6) is 0 Å². The van der Waals surface area contributed by atoms with E-state index in [1.807, 2.05) is 0 Å². The van der Waals surface area contributed by atoms with E-state index in [0.717, 1.165) is 6.42 Å². The van der Waals surface area contributed by atoms with Crippen LogP contribution in [0.4, 0.5) is 0 Å². The van der Waals surface area contributed by atoms with Gasteiger partial charge >= 0.3 is 0 Å². The lowest BCUT2D eigenvalue weighted by molar-refractivity contribution is 0.0618. The standard InChI is InChI=1S/C8H14O2/c1-3-4-5-6-8(10)7(2)9/h3,5-10H,1,4H2,2H3. The molecule has 0 aromatic rings. The Morgan fingerprint density at radius 3 is 2.50 bits per heavy atom. The van der Waals surface area contributed by atoms with Crippen molar-refractivity contribution in [2.75, 3.05) is 0 Å². The average molecular weight is 142 g/mol. The normalized spacial score (nSPS) is 17.1. The number of rotatable bonds is 4. The Bertz CT molecular complexity index is 116. The molecule has 0 aromatic heterocycles. The molecule has 10 heavy (non-hydrogen) atoms.